The first-order valence-corrected chi connectivity index (χ1v) is 5.57. The van der Waals surface area contributed by atoms with E-state index in [-0.39, 0.29) is 11.5 Å². The zero-order valence-corrected chi connectivity index (χ0v) is 9.87. The molecule has 0 amide bonds. The quantitative estimate of drug-likeness (QED) is 0.601. The summed E-state index contributed by atoms with van der Waals surface area (Å²) in [6.07, 6.45) is 0.722. The van der Waals surface area contributed by atoms with Crippen molar-refractivity contribution < 1.29 is 13.2 Å². The molecule has 94 valence electrons. The summed E-state index contributed by atoms with van der Waals surface area (Å²) in [6.45, 7) is 1.35. The zero-order valence-electron chi connectivity index (χ0n) is 9.05. The van der Waals surface area contributed by atoms with E-state index in [0.717, 1.165) is 24.5 Å². The minimum absolute atomic E-state index is 0.111. The van der Waals surface area contributed by atoms with E-state index in [4.69, 9.17) is 0 Å². The molecule has 1 aromatic carbocycles. The van der Waals surface area contributed by atoms with Gasteiger partial charge in [-0.3, -0.25) is 0 Å². The molecule has 1 aliphatic heterocycles. The molecular formula is C11H13F3N2S. The third-order valence-corrected chi connectivity index (χ3v) is 2.52. The van der Waals surface area contributed by atoms with Crippen molar-refractivity contribution in [3.05, 3.63) is 35.1 Å². The van der Waals surface area contributed by atoms with Crippen LogP contribution in [0.5, 0.6) is 0 Å². The number of thiocarbonyl (C=S) groups is 1. The van der Waals surface area contributed by atoms with Crippen molar-refractivity contribution in [3.63, 3.8) is 0 Å². The first-order valence-electron chi connectivity index (χ1n) is 5.10. The Labute approximate surface area is 103 Å². The highest BCUT2D eigenvalue weighted by Gasteiger charge is 2.22. The Bertz CT molecular complexity index is 393. The molecule has 1 aromatic rings. The van der Waals surface area contributed by atoms with Crippen molar-refractivity contribution in [2.24, 2.45) is 5.73 Å². The fourth-order valence-corrected chi connectivity index (χ4v) is 1.79. The van der Waals surface area contributed by atoms with Gasteiger partial charge in [-0.15, -0.1) is 0 Å². The highest BCUT2D eigenvalue weighted by molar-refractivity contribution is 7.78. The van der Waals surface area contributed by atoms with Gasteiger partial charge >= 0.3 is 0 Å². The molecule has 0 spiro atoms. The molecule has 1 heterocycles. The molecule has 1 aliphatic rings. The SMILES string of the molecule is Fc1cc(F)c(F)c(C2CCNC2)c1.NC=S. The number of hydrogen-bond donors (Lipinski definition) is 2. The Morgan fingerprint density at radius 2 is 2.00 bits per heavy atom. The molecule has 1 atom stereocenters. The summed E-state index contributed by atoms with van der Waals surface area (Å²) in [6, 6.07) is 1.65. The third-order valence-electron chi connectivity index (χ3n) is 2.52. The lowest BCUT2D eigenvalue weighted by molar-refractivity contribution is 0.476. The summed E-state index contributed by atoms with van der Waals surface area (Å²) in [5, 5.41) is 3.03. The van der Waals surface area contributed by atoms with E-state index in [1.165, 1.54) is 0 Å². The average molecular weight is 262 g/mol. The zero-order chi connectivity index (χ0) is 12.8. The van der Waals surface area contributed by atoms with Crippen molar-refractivity contribution in [1.82, 2.24) is 5.32 Å². The largest absolute Gasteiger partial charge is 0.396 e. The van der Waals surface area contributed by atoms with E-state index in [1.807, 2.05) is 0 Å². The number of rotatable bonds is 1. The second kappa shape index (κ2) is 6.56. The predicted molar refractivity (Wildman–Crippen MR) is 64.4 cm³/mol. The average Bonchev–Trinajstić information content (AvgIpc) is 2.77. The number of nitrogens with one attached hydrogen (secondary N) is 1. The second-order valence-electron chi connectivity index (χ2n) is 3.62. The van der Waals surface area contributed by atoms with Gasteiger partial charge in [-0.05, 0) is 24.6 Å². The van der Waals surface area contributed by atoms with E-state index >= 15 is 0 Å². The predicted octanol–water partition coefficient (Wildman–Crippen LogP) is 2.08. The molecule has 0 aromatic heterocycles. The van der Waals surface area contributed by atoms with E-state index in [1.54, 1.807) is 0 Å². The molecule has 0 aliphatic carbocycles. The normalized spacial score (nSPS) is 18.4. The maximum atomic E-state index is 13.3. The van der Waals surface area contributed by atoms with E-state index in [9.17, 15) is 13.2 Å². The van der Waals surface area contributed by atoms with Gasteiger partial charge in [-0.2, -0.15) is 0 Å². The topological polar surface area (TPSA) is 38.0 Å². The molecule has 0 radical (unpaired) electrons. The molecule has 1 fully saturated rings. The fourth-order valence-electron chi connectivity index (χ4n) is 1.79. The standard InChI is InChI=1S/C10H10F3N.CH3NS/c11-7-3-8(6-1-2-14-5-6)10(13)9(12)4-7;2-1-3/h3-4,6,14H,1-2,5H2;1H,(H2,2,3). The van der Waals surface area contributed by atoms with Gasteiger partial charge in [0.15, 0.2) is 11.6 Å². The molecule has 2 nitrogen and oxygen atoms in total. The molecule has 1 unspecified atom stereocenters. The van der Waals surface area contributed by atoms with E-state index in [2.05, 4.69) is 23.3 Å². The molecule has 6 heteroatoms. The van der Waals surface area contributed by atoms with E-state index < -0.39 is 17.5 Å². The monoisotopic (exact) mass is 262 g/mol. The molecular weight excluding hydrogens is 249 g/mol. The molecule has 1 saturated heterocycles. The minimum Gasteiger partial charge on any atom is -0.396 e. The first kappa shape index (κ1) is 13.9. The Balaban J connectivity index is 0.000000437. The minimum atomic E-state index is -1.10. The Morgan fingerprint density at radius 1 is 1.35 bits per heavy atom. The summed E-state index contributed by atoms with van der Waals surface area (Å²) < 4.78 is 39.0. The summed E-state index contributed by atoms with van der Waals surface area (Å²) >= 11 is 4.05. The van der Waals surface area contributed by atoms with Gasteiger partial charge in [-0.25, -0.2) is 13.2 Å². The van der Waals surface area contributed by atoms with Gasteiger partial charge in [-0.1, -0.05) is 12.2 Å². The van der Waals surface area contributed by atoms with Crippen LogP contribution in [0.3, 0.4) is 0 Å². The van der Waals surface area contributed by atoms with Crippen molar-refractivity contribution in [3.8, 4) is 0 Å². The van der Waals surface area contributed by atoms with Crippen LogP contribution in [-0.4, -0.2) is 18.6 Å². The van der Waals surface area contributed by atoms with Crippen LogP contribution in [0.25, 0.3) is 0 Å². The van der Waals surface area contributed by atoms with Crippen LogP contribution >= 0.6 is 12.2 Å². The number of halogens is 3. The van der Waals surface area contributed by atoms with Crippen LogP contribution in [0, 0.1) is 17.5 Å². The highest BCUT2D eigenvalue weighted by atomic mass is 32.1. The molecule has 2 rings (SSSR count). The van der Waals surface area contributed by atoms with Crippen LogP contribution in [-0.2, 0) is 0 Å². The van der Waals surface area contributed by atoms with Gasteiger partial charge in [0.05, 0.1) is 5.49 Å². The van der Waals surface area contributed by atoms with Crippen LogP contribution in [0.2, 0.25) is 0 Å². The lowest BCUT2D eigenvalue weighted by Gasteiger charge is -2.10. The maximum absolute atomic E-state index is 13.3. The first-order chi connectivity index (χ1) is 8.10. The number of benzene rings is 1. The van der Waals surface area contributed by atoms with Gasteiger partial charge in [0, 0.05) is 18.5 Å². The second-order valence-corrected chi connectivity index (χ2v) is 3.89. The van der Waals surface area contributed by atoms with Crippen LogP contribution in [0.4, 0.5) is 13.2 Å². The van der Waals surface area contributed by atoms with Gasteiger partial charge < -0.3 is 11.1 Å². The molecule has 0 saturated carbocycles. The van der Waals surface area contributed by atoms with Crippen LogP contribution in [0.1, 0.15) is 17.9 Å². The Morgan fingerprint density at radius 3 is 2.53 bits per heavy atom. The van der Waals surface area contributed by atoms with Crippen LogP contribution < -0.4 is 11.1 Å². The van der Waals surface area contributed by atoms with Crippen molar-refractivity contribution in [2.45, 2.75) is 12.3 Å². The highest BCUT2D eigenvalue weighted by Crippen LogP contribution is 2.26. The molecule has 0 bridgehead atoms. The van der Waals surface area contributed by atoms with Gasteiger partial charge in [0.2, 0.25) is 0 Å². The molecule has 17 heavy (non-hydrogen) atoms. The lowest BCUT2D eigenvalue weighted by atomic mass is 9.97. The number of nitrogens with two attached hydrogens (primary N) is 1. The molecule has 3 N–H and O–H groups in total. The van der Waals surface area contributed by atoms with Crippen molar-refractivity contribution in [1.29, 1.82) is 0 Å². The Kier molecular flexibility index (Phi) is 5.37. The van der Waals surface area contributed by atoms with E-state index in [0.29, 0.717) is 12.6 Å². The maximum Gasteiger partial charge on any atom is 0.162 e. The third kappa shape index (κ3) is 3.67. The smallest absolute Gasteiger partial charge is 0.162 e. The Hall–Kier alpha value is -1.14. The van der Waals surface area contributed by atoms with Gasteiger partial charge in [0.25, 0.3) is 0 Å². The fraction of sp³-hybridized carbons (Fsp3) is 0.364. The van der Waals surface area contributed by atoms with Crippen molar-refractivity contribution >= 4 is 17.7 Å². The van der Waals surface area contributed by atoms with Crippen LogP contribution in [0.15, 0.2) is 12.1 Å². The summed E-state index contributed by atoms with van der Waals surface area (Å²) in [7, 11) is 0. The summed E-state index contributed by atoms with van der Waals surface area (Å²) in [5.41, 5.74) is 5.77. The number of hydrogen-bond acceptors (Lipinski definition) is 2. The summed E-state index contributed by atoms with van der Waals surface area (Å²) in [4.78, 5) is 0. The summed E-state index contributed by atoms with van der Waals surface area (Å²) in [5.74, 6) is -2.85. The van der Waals surface area contributed by atoms with Gasteiger partial charge in [0.1, 0.15) is 5.82 Å². The lowest BCUT2D eigenvalue weighted by Crippen LogP contribution is -2.10. The van der Waals surface area contributed by atoms with Crippen molar-refractivity contribution in [2.75, 3.05) is 13.1 Å².